The third-order valence-electron chi connectivity index (χ3n) is 5.54. The van der Waals surface area contributed by atoms with Gasteiger partial charge in [0.1, 0.15) is 0 Å². The predicted octanol–water partition coefficient (Wildman–Crippen LogP) is 4.00. The zero-order valence-electron chi connectivity index (χ0n) is 17.1. The number of carbonyl (C=O) groups is 2. The van der Waals surface area contributed by atoms with E-state index in [1.807, 2.05) is 13.8 Å². The Morgan fingerprint density at radius 1 is 1.20 bits per heavy atom. The molecule has 7 heteroatoms. The molecule has 1 saturated heterocycles. The number of hydrogen-bond donors (Lipinski definition) is 1. The van der Waals surface area contributed by atoms with Crippen molar-refractivity contribution in [3.63, 3.8) is 0 Å². The molecule has 1 aromatic carbocycles. The number of amides is 2. The minimum atomic E-state index is -0.663. The van der Waals surface area contributed by atoms with E-state index in [2.05, 4.69) is 51.6 Å². The summed E-state index contributed by atoms with van der Waals surface area (Å²) in [6.07, 6.45) is 2.64. The smallest absolute Gasteiger partial charge is 0.292 e. The van der Waals surface area contributed by atoms with Crippen LogP contribution in [0, 0.1) is 5.41 Å². The van der Waals surface area contributed by atoms with Crippen molar-refractivity contribution in [1.29, 1.82) is 0 Å². The largest absolute Gasteiger partial charge is 0.353 e. The SMILES string of the molecule is CC(C)NC(=O)[C@@]1(Cc2ccc(-c3ccsc3)cc2)CCN(C(=O)c2ccno2)C1. The fourth-order valence-corrected chi connectivity index (χ4v) is 4.65. The highest BCUT2D eigenvalue weighted by Crippen LogP contribution is 2.36. The van der Waals surface area contributed by atoms with Crippen LogP contribution in [0.2, 0.25) is 0 Å². The molecule has 1 aliphatic rings. The number of thiophene rings is 1. The van der Waals surface area contributed by atoms with Gasteiger partial charge >= 0.3 is 0 Å². The summed E-state index contributed by atoms with van der Waals surface area (Å²) in [6.45, 7) is 4.77. The number of hydrogen-bond acceptors (Lipinski definition) is 5. The third kappa shape index (κ3) is 4.16. The Hall–Kier alpha value is -2.93. The first-order chi connectivity index (χ1) is 14.5. The van der Waals surface area contributed by atoms with Gasteiger partial charge in [-0.15, -0.1) is 0 Å². The Labute approximate surface area is 179 Å². The number of benzene rings is 1. The van der Waals surface area contributed by atoms with Gasteiger partial charge in [0.05, 0.1) is 11.6 Å². The molecule has 0 aliphatic carbocycles. The summed E-state index contributed by atoms with van der Waals surface area (Å²) >= 11 is 1.67. The average Bonchev–Trinajstić information content (AvgIpc) is 3.49. The van der Waals surface area contributed by atoms with Crippen molar-refractivity contribution >= 4 is 23.2 Å². The summed E-state index contributed by atoms with van der Waals surface area (Å²) < 4.78 is 5.03. The van der Waals surface area contributed by atoms with E-state index < -0.39 is 5.41 Å². The lowest BCUT2D eigenvalue weighted by molar-refractivity contribution is -0.130. The van der Waals surface area contributed by atoms with Gasteiger partial charge in [-0.2, -0.15) is 11.3 Å². The highest BCUT2D eigenvalue weighted by Gasteiger charge is 2.46. The lowest BCUT2D eigenvalue weighted by Crippen LogP contribution is -2.47. The van der Waals surface area contributed by atoms with E-state index in [1.165, 1.54) is 11.8 Å². The Morgan fingerprint density at radius 2 is 2.00 bits per heavy atom. The summed E-state index contributed by atoms with van der Waals surface area (Å²) in [5, 5.41) is 10.9. The van der Waals surface area contributed by atoms with Crippen molar-refractivity contribution in [2.45, 2.75) is 32.7 Å². The number of likely N-dealkylation sites (tertiary alicyclic amines) is 1. The summed E-state index contributed by atoms with van der Waals surface area (Å²) in [4.78, 5) is 27.6. The molecule has 4 rings (SSSR count). The molecular weight excluding hydrogens is 398 g/mol. The minimum Gasteiger partial charge on any atom is -0.353 e. The van der Waals surface area contributed by atoms with Crippen molar-refractivity contribution in [2.24, 2.45) is 5.41 Å². The van der Waals surface area contributed by atoms with E-state index in [4.69, 9.17) is 4.52 Å². The highest BCUT2D eigenvalue weighted by molar-refractivity contribution is 7.08. The maximum Gasteiger partial charge on any atom is 0.292 e. The van der Waals surface area contributed by atoms with Gasteiger partial charge in [-0.3, -0.25) is 9.59 Å². The Morgan fingerprint density at radius 3 is 2.63 bits per heavy atom. The van der Waals surface area contributed by atoms with Crippen molar-refractivity contribution in [1.82, 2.24) is 15.4 Å². The topological polar surface area (TPSA) is 75.4 Å². The number of nitrogens with one attached hydrogen (secondary N) is 1. The molecule has 3 aromatic rings. The third-order valence-corrected chi connectivity index (χ3v) is 6.23. The quantitative estimate of drug-likeness (QED) is 0.650. The summed E-state index contributed by atoms with van der Waals surface area (Å²) in [5.41, 5.74) is 2.78. The second-order valence-electron chi connectivity index (χ2n) is 8.15. The minimum absolute atomic E-state index is 0.00715. The van der Waals surface area contributed by atoms with E-state index >= 15 is 0 Å². The van der Waals surface area contributed by atoms with Crippen LogP contribution < -0.4 is 5.32 Å². The summed E-state index contributed by atoms with van der Waals surface area (Å²) in [5.74, 6) is -0.0259. The summed E-state index contributed by atoms with van der Waals surface area (Å²) in [7, 11) is 0. The van der Waals surface area contributed by atoms with E-state index in [9.17, 15) is 9.59 Å². The maximum absolute atomic E-state index is 13.2. The van der Waals surface area contributed by atoms with Crippen LogP contribution in [0.3, 0.4) is 0 Å². The molecule has 1 aliphatic heterocycles. The van der Waals surface area contributed by atoms with Crippen LogP contribution in [0.5, 0.6) is 0 Å². The Bertz CT molecular complexity index is 997. The van der Waals surface area contributed by atoms with Crippen LogP contribution in [-0.4, -0.2) is 41.0 Å². The Kier molecular flexibility index (Phi) is 5.72. The molecule has 1 N–H and O–H groups in total. The van der Waals surface area contributed by atoms with Gasteiger partial charge in [0.15, 0.2) is 0 Å². The molecule has 0 spiro atoms. The van der Waals surface area contributed by atoms with Crippen LogP contribution in [0.25, 0.3) is 11.1 Å². The summed E-state index contributed by atoms with van der Waals surface area (Å²) in [6, 6.07) is 12.0. The van der Waals surface area contributed by atoms with Gasteiger partial charge < -0.3 is 14.7 Å². The van der Waals surface area contributed by atoms with E-state index in [0.29, 0.717) is 25.9 Å². The van der Waals surface area contributed by atoms with Gasteiger partial charge in [-0.05, 0) is 60.2 Å². The van der Waals surface area contributed by atoms with Crippen molar-refractivity contribution in [2.75, 3.05) is 13.1 Å². The molecule has 0 radical (unpaired) electrons. The van der Waals surface area contributed by atoms with Crippen molar-refractivity contribution in [3.05, 3.63) is 64.7 Å². The van der Waals surface area contributed by atoms with Crippen LogP contribution in [-0.2, 0) is 11.2 Å². The van der Waals surface area contributed by atoms with Gasteiger partial charge in [0.25, 0.3) is 5.91 Å². The van der Waals surface area contributed by atoms with Crippen LogP contribution >= 0.6 is 11.3 Å². The van der Waals surface area contributed by atoms with Crippen LogP contribution in [0.15, 0.2) is 57.9 Å². The molecule has 1 fully saturated rings. The molecule has 0 saturated carbocycles. The predicted molar refractivity (Wildman–Crippen MR) is 116 cm³/mol. The van der Waals surface area contributed by atoms with E-state index in [-0.39, 0.29) is 23.6 Å². The van der Waals surface area contributed by atoms with E-state index in [1.54, 1.807) is 22.3 Å². The van der Waals surface area contributed by atoms with Gasteiger partial charge in [0, 0.05) is 25.2 Å². The molecular formula is C23H25N3O3S. The lowest BCUT2D eigenvalue weighted by Gasteiger charge is -2.29. The standard InChI is InChI=1S/C23H25N3O3S/c1-16(2)25-22(28)23(9-11-26(15-23)21(27)20-7-10-24-29-20)13-17-3-5-18(6-4-17)19-8-12-30-14-19/h3-8,10,12,14,16H,9,11,13,15H2,1-2H3,(H,25,28)/t23-/m1/s1. The second kappa shape index (κ2) is 8.44. The van der Waals surface area contributed by atoms with Crippen molar-refractivity contribution < 1.29 is 14.1 Å². The molecule has 2 amide bonds. The first-order valence-electron chi connectivity index (χ1n) is 10.1. The van der Waals surface area contributed by atoms with Crippen molar-refractivity contribution in [3.8, 4) is 11.1 Å². The molecule has 3 heterocycles. The van der Waals surface area contributed by atoms with Crippen LogP contribution in [0.4, 0.5) is 0 Å². The average molecular weight is 424 g/mol. The molecule has 0 unspecified atom stereocenters. The monoisotopic (exact) mass is 423 g/mol. The lowest BCUT2D eigenvalue weighted by atomic mass is 9.79. The van der Waals surface area contributed by atoms with Gasteiger partial charge in [-0.1, -0.05) is 29.4 Å². The van der Waals surface area contributed by atoms with E-state index in [0.717, 1.165) is 11.1 Å². The molecule has 0 bridgehead atoms. The zero-order valence-corrected chi connectivity index (χ0v) is 17.9. The number of aromatic nitrogens is 1. The normalized spacial score (nSPS) is 18.7. The molecule has 1 atom stereocenters. The number of carbonyl (C=O) groups excluding carboxylic acids is 2. The van der Waals surface area contributed by atoms with Gasteiger partial charge in [0.2, 0.25) is 11.7 Å². The zero-order chi connectivity index (χ0) is 21.1. The number of rotatable bonds is 6. The molecule has 2 aromatic heterocycles. The maximum atomic E-state index is 13.2. The van der Waals surface area contributed by atoms with Crippen LogP contribution in [0.1, 0.15) is 36.4 Å². The number of nitrogens with zero attached hydrogens (tertiary/aromatic N) is 2. The molecule has 6 nitrogen and oxygen atoms in total. The Balaban J connectivity index is 1.56. The fraction of sp³-hybridized carbons (Fsp3) is 0.348. The first kappa shape index (κ1) is 20.3. The fourth-order valence-electron chi connectivity index (χ4n) is 3.99. The molecule has 30 heavy (non-hydrogen) atoms. The molecule has 156 valence electrons. The first-order valence-corrected chi connectivity index (χ1v) is 11.0. The second-order valence-corrected chi connectivity index (χ2v) is 8.93. The van der Waals surface area contributed by atoms with Gasteiger partial charge in [-0.25, -0.2) is 0 Å². The highest BCUT2D eigenvalue weighted by atomic mass is 32.1.